The van der Waals surface area contributed by atoms with Gasteiger partial charge in [-0.15, -0.1) is 0 Å². The molecule has 5 rings (SSSR count). The molecular weight excluding hydrogens is 469 g/mol. The van der Waals surface area contributed by atoms with Gasteiger partial charge in [-0.3, -0.25) is 9.59 Å². The molecule has 0 radical (unpaired) electrons. The molecule has 0 unspecified atom stereocenters. The molecule has 0 aliphatic carbocycles. The number of hydrogen-bond donors (Lipinski definition) is 3. The first-order valence-electron chi connectivity index (χ1n) is 11.9. The normalized spacial score (nSPS) is 14.5. The summed E-state index contributed by atoms with van der Waals surface area (Å²) in [5.74, 6) is -0.858. The van der Waals surface area contributed by atoms with Crippen LogP contribution >= 0.6 is 0 Å². The van der Waals surface area contributed by atoms with Crippen molar-refractivity contribution in [1.29, 1.82) is 0 Å². The van der Waals surface area contributed by atoms with Crippen molar-refractivity contribution < 1.29 is 14.0 Å². The molecule has 1 aromatic heterocycles. The number of rotatable bonds is 5. The fourth-order valence-corrected chi connectivity index (χ4v) is 4.56. The number of nitrogens with one attached hydrogen (secondary N) is 3. The Balaban J connectivity index is 1.56. The Morgan fingerprint density at radius 1 is 0.919 bits per heavy atom. The van der Waals surface area contributed by atoms with Gasteiger partial charge in [0.2, 0.25) is 0 Å². The van der Waals surface area contributed by atoms with E-state index in [-0.39, 0.29) is 22.9 Å². The zero-order chi connectivity index (χ0) is 26.1. The van der Waals surface area contributed by atoms with E-state index in [9.17, 15) is 9.59 Å². The maximum Gasteiger partial charge on any atom is 0.261 e. The number of anilines is 3. The molecule has 4 aromatic rings. The summed E-state index contributed by atoms with van der Waals surface area (Å²) in [4.78, 5) is 26.8. The second-order valence-corrected chi connectivity index (χ2v) is 9.03. The standard InChI is InChI=1S/C29H26FN5O2/c1-17-13-14-24(18(2)15-17)34-29(37)25-19(3)32-27-22(28(36)33-20-9-5-4-6-10-20)16-31-35(27)26(25)21-11-7-8-12-23(21)30/h4-16,26,32H,1-3H3,(H,33,36)(H,34,37)/t26-/m1/s1. The lowest BCUT2D eigenvalue weighted by Crippen LogP contribution is -2.32. The minimum Gasteiger partial charge on any atom is -0.343 e. The number of carbonyl (C=O) groups is 2. The molecule has 2 amide bonds. The molecule has 1 aliphatic rings. The highest BCUT2D eigenvalue weighted by molar-refractivity contribution is 6.09. The average molecular weight is 496 g/mol. The number of para-hydroxylation sites is 1. The van der Waals surface area contributed by atoms with Gasteiger partial charge in [-0.2, -0.15) is 5.10 Å². The molecule has 3 N–H and O–H groups in total. The van der Waals surface area contributed by atoms with Gasteiger partial charge in [0.1, 0.15) is 23.2 Å². The zero-order valence-corrected chi connectivity index (χ0v) is 20.7. The highest BCUT2D eigenvalue weighted by Crippen LogP contribution is 2.39. The predicted molar refractivity (Wildman–Crippen MR) is 142 cm³/mol. The SMILES string of the molecule is CC1=C(C(=O)Nc2ccc(C)cc2C)[C@@H](c2ccccc2F)n2ncc(C(=O)Nc3ccccc3)c2N1. The first kappa shape index (κ1) is 24.0. The van der Waals surface area contributed by atoms with Crippen molar-refractivity contribution in [2.24, 2.45) is 0 Å². The third-order valence-electron chi connectivity index (χ3n) is 6.37. The number of aryl methyl sites for hydroxylation is 2. The quantitative estimate of drug-likeness (QED) is 0.326. The second-order valence-electron chi connectivity index (χ2n) is 9.03. The van der Waals surface area contributed by atoms with E-state index in [4.69, 9.17) is 0 Å². The van der Waals surface area contributed by atoms with Crippen molar-refractivity contribution in [3.8, 4) is 0 Å². The smallest absolute Gasteiger partial charge is 0.261 e. The summed E-state index contributed by atoms with van der Waals surface area (Å²) in [5, 5.41) is 13.4. The lowest BCUT2D eigenvalue weighted by molar-refractivity contribution is -0.113. The molecule has 1 aliphatic heterocycles. The van der Waals surface area contributed by atoms with Crippen LogP contribution in [0.4, 0.5) is 21.6 Å². The number of hydrogen-bond acceptors (Lipinski definition) is 4. The molecule has 2 heterocycles. The summed E-state index contributed by atoms with van der Waals surface area (Å²) in [5.41, 5.74) is 4.64. The molecule has 7 nitrogen and oxygen atoms in total. The van der Waals surface area contributed by atoms with Gasteiger partial charge in [-0.1, -0.05) is 54.1 Å². The van der Waals surface area contributed by atoms with Crippen molar-refractivity contribution in [3.63, 3.8) is 0 Å². The molecule has 1 atom stereocenters. The number of nitrogens with zero attached hydrogens (tertiary/aromatic N) is 2. The highest BCUT2D eigenvalue weighted by Gasteiger charge is 2.36. The maximum atomic E-state index is 15.1. The Hall–Kier alpha value is -4.72. The number of carbonyl (C=O) groups excluding carboxylic acids is 2. The Bertz CT molecular complexity index is 1540. The van der Waals surface area contributed by atoms with Crippen LogP contribution in [-0.4, -0.2) is 21.6 Å². The van der Waals surface area contributed by atoms with Gasteiger partial charge in [0, 0.05) is 22.6 Å². The molecule has 0 spiro atoms. The van der Waals surface area contributed by atoms with Gasteiger partial charge in [-0.05, 0) is 50.6 Å². The van der Waals surface area contributed by atoms with Crippen molar-refractivity contribution in [1.82, 2.24) is 9.78 Å². The topological polar surface area (TPSA) is 88.0 Å². The molecule has 0 saturated carbocycles. The summed E-state index contributed by atoms with van der Waals surface area (Å²) in [7, 11) is 0. The number of halogens is 1. The Kier molecular flexibility index (Phi) is 6.31. The summed E-state index contributed by atoms with van der Waals surface area (Å²) in [6.07, 6.45) is 1.42. The van der Waals surface area contributed by atoms with Crippen LogP contribution in [0.1, 0.15) is 40.0 Å². The maximum absolute atomic E-state index is 15.1. The summed E-state index contributed by atoms with van der Waals surface area (Å²) >= 11 is 0. The Labute approximate surface area is 214 Å². The van der Waals surface area contributed by atoms with E-state index in [1.165, 1.54) is 16.9 Å². The first-order chi connectivity index (χ1) is 17.8. The monoisotopic (exact) mass is 495 g/mol. The van der Waals surface area contributed by atoms with E-state index < -0.39 is 11.9 Å². The fourth-order valence-electron chi connectivity index (χ4n) is 4.56. The minimum absolute atomic E-state index is 0.272. The molecule has 186 valence electrons. The average Bonchev–Trinajstić information content (AvgIpc) is 3.29. The molecule has 3 aromatic carbocycles. The number of benzene rings is 3. The number of allylic oxidation sites excluding steroid dienone is 1. The van der Waals surface area contributed by atoms with Crippen molar-refractivity contribution in [3.05, 3.63) is 118 Å². The number of fused-ring (bicyclic) bond motifs is 1. The minimum atomic E-state index is -0.888. The van der Waals surface area contributed by atoms with Crippen molar-refractivity contribution >= 4 is 29.0 Å². The number of amides is 2. The van der Waals surface area contributed by atoms with Crippen LogP contribution < -0.4 is 16.0 Å². The Morgan fingerprint density at radius 2 is 1.65 bits per heavy atom. The van der Waals surface area contributed by atoms with E-state index in [2.05, 4.69) is 21.0 Å². The van der Waals surface area contributed by atoms with Crippen LogP contribution in [-0.2, 0) is 4.79 Å². The van der Waals surface area contributed by atoms with Crippen LogP contribution in [0, 0.1) is 19.7 Å². The molecule has 0 saturated heterocycles. The summed E-state index contributed by atoms with van der Waals surface area (Å²) in [6.45, 7) is 5.63. The third-order valence-corrected chi connectivity index (χ3v) is 6.37. The van der Waals surface area contributed by atoms with Gasteiger partial charge in [0.25, 0.3) is 11.8 Å². The predicted octanol–water partition coefficient (Wildman–Crippen LogP) is 5.82. The van der Waals surface area contributed by atoms with Crippen LogP contribution in [0.15, 0.2) is 90.3 Å². The van der Waals surface area contributed by atoms with Gasteiger partial charge in [-0.25, -0.2) is 9.07 Å². The van der Waals surface area contributed by atoms with E-state index in [0.29, 0.717) is 28.5 Å². The highest BCUT2D eigenvalue weighted by atomic mass is 19.1. The van der Waals surface area contributed by atoms with Crippen LogP contribution in [0.5, 0.6) is 0 Å². The summed E-state index contributed by atoms with van der Waals surface area (Å²) < 4.78 is 16.6. The van der Waals surface area contributed by atoms with Crippen molar-refractivity contribution in [2.75, 3.05) is 16.0 Å². The first-order valence-corrected chi connectivity index (χ1v) is 11.9. The Morgan fingerprint density at radius 3 is 2.38 bits per heavy atom. The van der Waals surface area contributed by atoms with E-state index >= 15 is 4.39 Å². The van der Waals surface area contributed by atoms with E-state index in [1.807, 2.05) is 50.2 Å². The molecular formula is C29H26FN5O2. The lowest BCUT2D eigenvalue weighted by atomic mass is 9.94. The van der Waals surface area contributed by atoms with Crippen LogP contribution in [0.3, 0.4) is 0 Å². The lowest BCUT2D eigenvalue weighted by Gasteiger charge is -2.30. The van der Waals surface area contributed by atoms with Gasteiger partial charge in [0.05, 0.1) is 11.8 Å². The van der Waals surface area contributed by atoms with Gasteiger partial charge < -0.3 is 16.0 Å². The number of aromatic nitrogens is 2. The molecule has 37 heavy (non-hydrogen) atoms. The van der Waals surface area contributed by atoms with Crippen LogP contribution in [0.2, 0.25) is 0 Å². The largest absolute Gasteiger partial charge is 0.343 e. The zero-order valence-electron chi connectivity index (χ0n) is 20.7. The molecule has 0 fully saturated rings. The fraction of sp³-hybridized carbons (Fsp3) is 0.138. The van der Waals surface area contributed by atoms with Crippen molar-refractivity contribution in [2.45, 2.75) is 26.8 Å². The van der Waals surface area contributed by atoms with E-state index in [0.717, 1.165) is 11.1 Å². The summed E-state index contributed by atoms with van der Waals surface area (Å²) in [6, 6.07) is 20.2. The second kappa shape index (κ2) is 9.73. The van der Waals surface area contributed by atoms with Gasteiger partial charge in [0.15, 0.2) is 0 Å². The third kappa shape index (κ3) is 4.61. The van der Waals surface area contributed by atoms with E-state index in [1.54, 1.807) is 37.3 Å². The molecule has 8 heteroatoms. The molecule has 0 bridgehead atoms. The van der Waals surface area contributed by atoms with Gasteiger partial charge >= 0.3 is 0 Å². The van der Waals surface area contributed by atoms with Crippen LogP contribution in [0.25, 0.3) is 0 Å².